The summed E-state index contributed by atoms with van der Waals surface area (Å²) in [5.74, 6) is 0. The first-order valence-electron chi connectivity index (χ1n) is 1.37. The fourth-order valence-corrected chi connectivity index (χ4v) is 5.08. The van der Waals surface area contributed by atoms with E-state index in [4.69, 9.17) is 9.11 Å². The maximum atomic E-state index is 9.69. The molecule has 0 spiro atoms. The molecule has 0 aliphatic carbocycles. The third-order valence-corrected chi connectivity index (χ3v) is 8.04. The summed E-state index contributed by atoms with van der Waals surface area (Å²) in [4.78, 5) is 0. The van der Waals surface area contributed by atoms with Gasteiger partial charge in [0, 0.05) is 22.4 Å². The minimum atomic E-state index is -4.56. The first-order chi connectivity index (χ1) is 3.71. The maximum absolute atomic E-state index is 9.69. The second-order valence-electron chi connectivity index (χ2n) is 0.924. The van der Waals surface area contributed by atoms with Crippen LogP contribution in [0.4, 0.5) is 0 Å². The molecule has 0 aromatic carbocycles. The second kappa shape index (κ2) is 4.19. The minimum Gasteiger partial charge on any atom is 0 e. The summed E-state index contributed by atoms with van der Waals surface area (Å²) >= 11 is -2.19. The van der Waals surface area contributed by atoms with E-state index in [0.717, 1.165) is 0 Å². The van der Waals surface area contributed by atoms with Crippen molar-refractivity contribution in [3.63, 3.8) is 0 Å². The summed E-state index contributed by atoms with van der Waals surface area (Å²) in [6, 6.07) is 0. The molecule has 0 rings (SSSR count). The van der Waals surface area contributed by atoms with Gasteiger partial charge in [0.2, 0.25) is 0 Å². The smallest absolute Gasteiger partial charge is 0 e. The van der Waals surface area contributed by atoms with Gasteiger partial charge in [-0.25, -0.2) is 0 Å². The van der Waals surface area contributed by atoms with Crippen molar-refractivity contribution in [3.05, 3.63) is 0 Å². The van der Waals surface area contributed by atoms with E-state index in [1.807, 2.05) is 0 Å². The van der Waals surface area contributed by atoms with Gasteiger partial charge in [0.15, 0.2) is 0 Å². The predicted molar refractivity (Wildman–Crippen MR) is 28.9 cm³/mol. The molecule has 0 aromatic heterocycles. The Kier molecular flexibility index (Phi) is 5.72. The van der Waals surface area contributed by atoms with Crippen LogP contribution in [0.2, 0.25) is 0 Å². The standard InChI is InChI=1S/H2O6S2Se.Ta/c1-7(2,3)9-8(4,5)6;/h(H,1,2,3)(H,4,5,6);. The first-order valence-corrected chi connectivity index (χ1v) is 8.29. The monoisotopic (exact) mass is 423 g/mol. The molecule has 2 N–H and O–H groups in total. The first kappa shape index (κ1) is 13.7. The van der Waals surface area contributed by atoms with Crippen molar-refractivity contribution < 1.29 is 48.3 Å². The summed E-state index contributed by atoms with van der Waals surface area (Å²) < 4.78 is 54.4. The van der Waals surface area contributed by atoms with Gasteiger partial charge in [0.1, 0.15) is 0 Å². The van der Waals surface area contributed by atoms with E-state index in [1.165, 1.54) is 0 Å². The molecular weight excluding hydrogens is 420 g/mol. The normalized spacial score (nSPS) is 12.2. The Bertz CT molecular complexity index is 241. The number of rotatable bonds is 2. The van der Waals surface area contributed by atoms with E-state index in [2.05, 4.69) is 0 Å². The van der Waals surface area contributed by atoms with Crippen LogP contribution in [0.3, 0.4) is 0 Å². The van der Waals surface area contributed by atoms with Crippen LogP contribution in [0.25, 0.3) is 0 Å². The van der Waals surface area contributed by atoms with Gasteiger partial charge >= 0.3 is 55.7 Å². The van der Waals surface area contributed by atoms with Crippen LogP contribution in [0.1, 0.15) is 0 Å². The zero-order chi connectivity index (χ0) is 7.71. The Hall–Kier alpha value is 1.08. The van der Waals surface area contributed by atoms with Crippen molar-refractivity contribution in [3.8, 4) is 0 Å². The van der Waals surface area contributed by atoms with Crippen LogP contribution in [0, 0.1) is 0 Å². The van der Waals surface area contributed by atoms with Gasteiger partial charge in [0.05, 0.1) is 0 Å². The van der Waals surface area contributed by atoms with Crippen LogP contribution in [0.5, 0.6) is 0 Å². The topological polar surface area (TPSA) is 109 Å². The van der Waals surface area contributed by atoms with Gasteiger partial charge in [-0.2, -0.15) is 0 Å². The fourth-order valence-electron chi connectivity index (χ4n) is 0.109. The van der Waals surface area contributed by atoms with Gasteiger partial charge in [0.25, 0.3) is 0 Å². The van der Waals surface area contributed by atoms with Crippen molar-refractivity contribution in [2.75, 3.05) is 0 Å². The Morgan fingerprint density at radius 2 is 1.10 bits per heavy atom. The van der Waals surface area contributed by atoms with Crippen molar-refractivity contribution in [2.45, 2.75) is 0 Å². The van der Waals surface area contributed by atoms with Crippen LogP contribution < -0.4 is 0 Å². The third-order valence-electron chi connectivity index (χ3n) is 0.172. The van der Waals surface area contributed by atoms with E-state index in [-0.39, 0.29) is 22.4 Å². The zero-order valence-corrected chi connectivity index (χ0v) is 10.8. The predicted octanol–water partition coefficient (Wildman–Crippen LogP) is -1.71. The largest absolute Gasteiger partial charge is 0 e. The molecule has 0 aliphatic heterocycles. The Labute approximate surface area is 77.7 Å². The molecule has 0 aliphatic rings. The Morgan fingerprint density at radius 1 is 0.900 bits per heavy atom. The third kappa shape index (κ3) is 11.8. The van der Waals surface area contributed by atoms with E-state index in [9.17, 15) is 16.8 Å². The Morgan fingerprint density at radius 3 is 1.10 bits per heavy atom. The molecule has 0 bridgehead atoms. The molecule has 0 saturated heterocycles. The fraction of sp³-hybridized carbons (Fsp3) is 0. The molecule has 0 heterocycles. The SMILES string of the molecule is O=S(=O)(O)[Se]S(=O)(=O)O.[Ta]. The van der Waals surface area contributed by atoms with Crippen LogP contribution in [-0.4, -0.2) is 38.7 Å². The minimum absolute atomic E-state index is 0. The summed E-state index contributed by atoms with van der Waals surface area (Å²) in [5, 5.41) is 0. The summed E-state index contributed by atoms with van der Waals surface area (Å²) in [5.41, 5.74) is 0. The van der Waals surface area contributed by atoms with Crippen LogP contribution >= 0.6 is 0 Å². The molecule has 61 valence electrons. The molecule has 10 heavy (non-hydrogen) atoms. The van der Waals surface area contributed by atoms with Gasteiger partial charge in [-0.15, -0.1) is 0 Å². The number of hydrogen-bond acceptors (Lipinski definition) is 4. The van der Waals surface area contributed by atoms with E-state index in [1.54, 1.807) is 0 Å². The van der Waals surface area contributed by atoms with Crippen molar-refractivity contribution >= 4 is 29.8 Å². The maximum Gasteiger partial charge on any atom is 0 e. The van der Waals surface area contributed by atoms with Crippen molar-refractivity contribution in [2.24, 2.45) is 0 Å². The molecule has 6 nitrogen and oxygen atoms in total. The summed E-state index contributed by atoms with van der Waals surface area (Å²) in [6.45, 7) is 0. The molecule has 0 saturated carbocycles. The average molecular weight is 422 g/mol. The molecular formula is H2O6S2SeTa. The molecule has 0 fully saturated rings. The second-order valence-corrected chi connectivity index (χ2v) is 11.1. The number of hydrogen-bond donors (Lipinski definition) is 2. The summed E-state index contributed by atoms with van der Waals surface area (Å²) in [6.07, 6.45) is 0. The molecule has 0 atom stereocenters. The van der Waals surface area contributed by atoms with Crippen LogP contribution in [0.15, 0.2) is 0 Å². The van der Waals surface area contributed by atoms with Gasteiger partial charge in [-0.3, -0.25) is 0 Å². The van der Waals surface area contributed by atoms with Gasteiger partial charge in [-0.05, 0) is 0 Å². The Balaban J connectivity index is 0. The summed E-state index contributed by atoms with van der Waals surface area (Å²) in [7, 11) is -9.11. The van der Waals surface area contributed by atoms with E-state index >= 15 is 0 Å². The molecule has 10 heteroatoms. The van der Waals surface area contributed by atoms with Crippen molar-refractivity contribution in [1.29, 1.82) is 0 Å². The molecule has 0 aromatic rings. The van der Waals surface area contributed by atoms with Crippen molar-refractivity contribution in [1.82, 2.24) is 0 Å². The van der Waals surface area contributed by atoms with E-state index < -0.39 is 29.8 Å². The average Bonchev–Trinajstić information content (AvgIpc) is 1.14. The molecule has 1 radical (unpaired) electrons. The molecule has 0 amide bonds. The van der Waals surface area contributed by atoms with Crippen LogP contribution in [-0.2, 0) is 39.5 Å². The van der Waals surface area contributed by atoms with Gasteiger partial charge in [-0.1, -0.05) is 0 Å². The zero-order valence-electron chi connectivity index (χ0n) is 4.20. The molecule has 0 unspecified atom stereocenters. The van der Waals surface area contributed by atoms with Gasteiger partial charge < -0.3 is 0 Å². The quantitative estimate of drug-likeness (QED) is 0.406. The van der Waals surface area contributed by atoms with E-state index in [0.29, 0.717) is 0 Å².